The third-order valence-corrected chi connectivity index (χ3v) is 4.35. The third-order valence-electron chi connectivity index (χ3n) is 4.02. The summed E-state index contributed by atoms with van der Waals surface area (Å²) >= 11 is 5.79. The van der Waals surface area contributed by atoms with Crippen molar-refractivity contribution in [2.75, 3.05) is 6.54 Å². The fraction of sp³-hybridized carbons (Fsp3) is 0.467. The van der Waals surface area contributed by atoms with E-state index in [1.807, 2.05) is 0 Å². The quantitative estimate of drug-likeness (QED) is 0.829. The molecule has 1 fully saturated rings. The summed E-state index contributed by atoms with van der Waals surface area (Å²) in [7, 11) is 0. The van der Waals surface area contributed by atoms with Gasteiger partial charge in [-0.25, -0.2) is 13.2 Å². The summed E-state index contributed by atoms with van der Waals surface area (Å²) in [5.41, 5.74) is 0.0559. The van der Waals surface area contributed by atoms with Gasteiger partial charge in [0.05, 0.1) is 11.8 Å². The highest BCUT2D eigenvalue weighted by atomic mass is 35.5. The molecule has 1 aliphatic rings. The lowest BCUT2D eigenvalue weighted by Crippen LogP contribution is -2.43. The van der Waals surface area contributed by atoms with Gasteiger partial charge >= 0.3 is 5.97 Å². The molecular formula is C15H15ClF3NO3. The Hall–Kier alpha value is -1.76. The molecule has 2 N–H and O–H groups in total. The number of carboxylic acid groups (broad SMARTS) is 1. The molecule has 1 unspecified atom stereocenters. The second-order valence-electron chi connectivity index (χ2n) is 5.56. The number of benzene rings is 1. The van der Waals surface area contributed by atoms with Gasteiger partial charge in [0.25, 0.3) is 0 Å². The van der Waals surface area contributed by atoms with E-state index in [9.17, 15) is 22.8 Å². The van der Waals surface area contributed by atoms with Crippen LogP contribution in [0.4, 0.5) is 13.2 Å². The highest BCUT2D eigenvalue weighted by Crippen LogP contribution is 2.34. The lowest BCUT2D eigenvalue weighted by molar-refractivity contribution is -0.148. The molecule has 23 heavy (non-hydrogen) atoms. The van der Waals surface area contributed by atoms with Crippen LogP contribution in [0.3, 0.4) is 0 Å². The van der Waals surface area contributed by atoms with Crippen molar-refractivity contribution in [2.24, 2.45) is 11.8 Å². The molecule has 0 aromatic heterocycles. The molecule has 126 valence electrons. The number of nitrogens with one attached hydrogen (secondary N) is 1. The van der Waals surface area contributed by atoms with Gasteiger partial charge in [0.1, 0.15) is 5.82 Å². The van der Waals surface area contributed by atoms with Crippen LogP contribution in [0.2, 0.25) is 5.02 Å². The maximum Gasteiger partial charge on any atom is 0.306 e. The molecule has 2 rings (SSSR count). The van der Waals surface area contributed by atoms with E-state index in [4.69, 9.17) is 16.7 Å². The summed E-state index contributed by atoms with van der Waals surface area (Å²) in [5.74, 6) is -4.43. The van der Waals surface area contributed by atoms with Crippen LogP contribution in [0.25, 0.3) is 0 Å². The fourth-order valence-corrected chi connectivity index (χ4v) is 2.83. The normalized spacial score (nSPS) is 21.6. The summed E-state index contributed by atoms with van der Waals surface area (Å²) in [6.07, 6.45) is -2.37. The Kier molecular flexibility index (Phi) is 5.51. The number of aliphatic carboxylic acids is 1. The van der Waals surface area contributed by atoms with Crippen LogP contribution in [0.5, 0.6) is 0 Å². The van der Waals surface area contributed by atoms with Crippen molar-refractivity contribution in [3.63, 3.8) is 0 Å². The van der Waals surface area contributed by atoms with Crippen LogP contribution < -0.4 is 5.32 Å². The van der Waals surface area contributed by atoms with E-state index in [2.05, 4.69) is 5.32 Å². The highest BCUT2D eigenvalue weighted by Gasteiger charge is 2.39. The Morgan fingerprint density at radius 3 is 2.48 bits per heavy atom. The SMILES string of the molecule is O=C(O)C1CC(C(=O)NCC(c2ccc(F)cc2Cl)C(F)F)C1. The number of carboxylic acids is 1. The number of amides is 1. The van der Waals surface area contributed by atoms with Crippen molar-refractivity contribution in [2.45, 2.75) is 25.2 Å². The Morgan fingerprint density at radius 2 is 1.96 bits per heavy atom. The molecular weight excluding hydrogens is 335 g/mol. The van der Waals surface area contributed by atoms with Gasteiger partial charge in [0, 0.05) is 17.5 Å². The maximum absolute atomic E-state index is 13.2. The van der Waals surface area contributed by atoms with Crippen molar-refractivity contribution >= 4 is 23.5 Å². The van der Waals surface area contributed by atoms with E-state index in [0.29, 0.717) is 0 Å². The Balaban J connectivity index is 1.96. The Bertz CT molecular complexity index is 606. The smallest absolute Gasteiger partial charge is 0.306 e. The minimum absolute atomic E-state index is 0.0559. The maximum atomic E-state index is 13.2. The summed E-state index contributed by atoms with van der Waals surface area (Å²) in [4.78, 5) is 22.5. The average Bonchev–Trinajstić information content (AvgIpc) is 2.38. The van der Waals surface area contributed by atoms with E-state index >= 15 is 0 Å². The van der Waals surface area contributed by atoms with Gasteiger partial charge in [-0.05, 0) is 30.5 Å². The number of carbonyl (C=O) groups is 2. The number of hydrogen-bond donors (Lipinski definition) is 2. The Labute approximate surface area is 135 Å². The van der Waals surface area contributed by atoms with Crippen LogP contribution in [0.1, 0.15) is 24.3 Å². The molecule has 1 aromatic rings. The molecule has 1 aliphatic carbocycles. The number of carbonyl (C=O) groups excluding carboxylic acids is 1. The van der Waals surface area contributed by atoms with Crippen LogP contribution in [0, 0.1) is 17.7 Å². The first-order valence-corrected chi connectivity index (χ1v) is 7.41. The second kappa shape index (κ2) is 7.21. The van der Waals surface area contributed by atoms with Crippen LogP contribution in [-0.4, -0.2) is 30.0 Å². The van der Waals surface area contributed by atoms with E-state index in [1.54, 1.807) is 0 Å². The number of rotatable bonds is 6. The molecule has 1 atom stereocenters. The third kappa shape index (κ3) is 4.16. The van der Waals surface area contributed by atoms with E-state index in [1.165, 1.54) is 6.07 Å². The zero-order chi connectivity index (χ0) is 17.1. The lowest BCUT2D eigenvalue weighted by Gasteiger charge is -2.31. The van der Waals surface area contributed by atoms with E-state index < -0.39 is 41.9 Å². The zero-order valence-electron chi connectivity index (χ0n) is 11.9. The summed E-state index contributed by atoms with van der Waals surface area (Å²) in [6.45, 7) is -0.351. The molecule has 0 radical (unpaired) electrons. The van der Waals surface area contributed by atoms with E-state index in [-0.39, 0.29) is 30.0 Å². The summed E-state index contributed by atoms with van der Waals surface area (Å²) in [6, 6.07) is 3.14. The van der Waals surface area contributed by atoms with Gasteiger partial charge in [0.15, 0.2) is 0 Å². The first-order chi connectivity index (χ1) is 10.8. The van der Waals surface area contributed by atoms with E-state index in [0.717, 1.165) is 12.1 Å². The summed E-state index contributed by atoms with van der Waals surface area (Å²) < 4.78 is 39.4. The van der Waals surface area contributed by atoms with Gasteiger partial charge in [-0.2, -0.15) is 0 Å². The molecule has 0 saturated heterocycles. The predicted molar refractivity (Wildman–Crippen MR) is 77.0 cm³/mol. The number of halogens is 4. The van der Waals surface area contributed by atoms with Crippen molar-refractivity contribution in [3.05, 3.63) is 34.6 Å². The van der Waals surface area contributed by atoms with Gasteiger partial charge < -0.3 is 10.4 Å². The van der Waals surface area contributed by atoms with Crippen molar-refractivity contribution < 1.29 is 27.9 Å². The molecule has 0 bridgehead atoms. The topological polar surface area (TPSA) is 66.4 Å². The lowest BCUT2D eigenvalue weighted by atomic mass is 9.74. The molecule has 4 nitrogen and oxygen atoms in total. The van der Waals surface area contributed by atoms with Crippen LogP contribution in [-0.2, 0) is 9.59 Å². The Morgan fingerprint density at radius 1 is 1.30 bits per heavy atom. The number of alkyl halides is 2. The van der Waals surface area contributed by atoms with Crippen molar-refractivity contribution in [1.29, 1.82) is 0 Å². The minimum Gasteiger partial charge on any atom is -0.481 e. The second-order valence-corrected chi connectivity index (χ2v) is 5.96. The van der Waals surface area contributed by atoms with Gasteiger partial charge in [-0.15, -0.1) is 0 Å². The average molecular weight is 350 g/mol. The first-order valence-electron chi connectivity index (χ1n) is 7.03. The largest absolute Gasteiger partial charge is 0.481 e. The molecule has 0 spiro atoms. The molecule has 0 heterocycles. The standard InChI is InChI=1S/C15H15ClF3NO3/c16-12-5-9(17)1-2-10(12)11(13(18)19)6-20-14(21)7-3-8(4-7)15(22)23/h1-2,5,7-8,11,13H,3-4,6H2,(H,20,21)(H,22,23). The van der Waals surface area contributed by atoms with Crippen LogP contribution >= 0.6 is 11.6 Å². The summed E-state index contributed by atoms with van der Waals surface area (Å²) in [5, 5.41) is 11.0. The molecule has 1 amide bonds. The van der Waals surface area contributed by atoms with Crippen LogP contribution in [0.15, 0.2) is 18.2 Å². The molecule has 1 saturated carbocycles. The molecule has 0 aliphatic heterocycles. The molecule has 8 heteroatoms. The van der Waals surface area contributed by atoms with Gasteiger partial charge in [-0.3, -0.25) is 9.59 Å². The molecule has 1 aromatic carbocycles. The fourth-order valence-electron chi connectivity index (χ4n) is 2.53. The monoisotopic (exact) mass is 349 g/mol. The highest BCUT2D eigenvalue weighted by molar-refractivity contribution is 6.31. The van der Waals surface area contributed by atoms with Gasteiger partial charge in [-0.1, -0.05) is 17.7 Å². The van der Waals surface area contributed by atoms with Crippen molar-refractivity contribution in [3.8, 4) is 0 Å². The first kappa shape index (κ1) is 17.6. The van der Waals surface area contributed by atoms with Gasteiger partial charge in [0.2, 0.25) is 12.3 Å². The number of hydrogen-bond acceptors (Lipinski definition) is 2. The minimum atomic E-state index is -2.79. The predicted octanol–water partition coefficient (Wildman–Crippen LogP) is 3.05. The zero-order valence-corrected chi connectivity index (χ0v) is 12.7. The van der Waals surface area contributed by atoms with Crippen molar-refractivity contribution in [1.82, 2.24) is 5.32 Å².